The van der Waals surface area contributed by atoms with Crippen LogP contribution < -0.4 is 5.32 Å². The maximum absolute atomic E-state index is 9.48. The molecular weight excluding hydrogens is 436 g/mol. The molecule has 168 valence electrons. The normalized spacial score (nSPS) is 11.6. The van der Waals surface area contributed by atoms with E-state index in [0.29, 0.717) is 29.0 Å². The third-order valence-corrected chi connectivity index (χ3v) is 6.60. The highest BCUT2D eigenvalue weighted by atomic mass is 32.1. The third kappa shape index (κ3) is 3.87. The quantitative estimate of drug-likeness (QED) is 0.385. The zero-order valence-corrected chi connectivity index (χ0v) is 19.6. The topological polar surface area (TPSA) is 107 Å². The summed E-state index contributed by atoms with van der Waals surface area (Å²) in [6.07, 6.45) is 5.59. The molecule has 5 aromatic heterocycles. The average Bonchev–Trinajstić information content (AvgIpc) is 3.52. The van der Waals surface area contributed by atoms with Gasteiger partial charge in [-0.3, -0.25) is 4.68 Å². The highest BCUT2D eigenvalue weighted by Gasteiger charge is 2.21. The molecule has 10 heteroatoms. The van der Waals surface area contributed by atoms with Gasteiger partial charge < -0.3 is 15.0 Å². The Balaban J connectivity index is 1.69. The van der Waals surface area contributed by atoms with Gasteiger partial charge in [0.15, 0.2) is 11.6 Å². The molecule has 0 saturated heterocycles. The van der Waals surface area contributed by atoms with Gasteiger partial charge in [0.05, 0.1) is 22.6 Å². The largest absolute Gasteiger partial charge is 0.390 e. The molecule has 9 nitrogen and oxygen atoms in total. The molecule has 5 heterocycles. The lowest BCUT2D eigenvalue weighted by molar-refractivity contribution is 0.277. The molecule has 0 aromatic carbocycles. The standard InChI is InChI=1S/C23H24N8OS/c1-13(2)31-10-8-16(29-31)19-14(3)18-20(26-17-7-5-6-15(12-32)25-17)27-21(28-23(18)33-19)22-24-9-11-30(22)4/h5-11,13,32H,12H2,1-4H3,(H,25,26,27,28). The fraction of sp³-hybridized carbons (Fsp3) is 0.261. The Kier molecular flexibility index (Phi) is 5.39. The fourth-order valence-corrected chi connectivity index (χ4v) is 4.81. The van der Waals surface area contributed by atoms with E-state index < -0.39 is 0 Å². The molecule has 0 aliphatic heterocycles. The first-order chi connectivity index (χ1) is 15.9. The minimum atomic E-state index is -0.132. The van der Waals surface area contributed by atoms with Gasteiger partial charge in [-0.25, -0.2) is 19.9 Å². The summed E-state index contributed by atoms with van der Waals surface area (Å²) < 4.78 is 3.84. The van der Waals surface area contributed by atoms with Gasteiger partial charge in [0.1, 0.15) is 22.2 Å². The zero-order chi connectivity index (χ0) is 23.1. The Morgan fingerprint density at radius 1 is 1.12 bits per heavy atom. The number of aliphatic hydroxyl groups is 1. The fourth-order valence-electron chi connectivity index (χ4n) is 3.66. The molecular formula is C23H24N8OS. The van der Waals surface area contributed by atoms with Crippen LogP contribution in [0.25, 0.3) is 32.4 Å². The van der Waals surface area contributed by atoms with Gasteiger partial charge in [-0.05, 0) is 44.5 Å². The van der Waals surface area contributed by atoms with E-state index in [-0.39, 0.29) is 12.6 Å². The summed E-state index contributed by atoms with van der Waals surface area (Å²) in [5.41, 5.74) is 2.54. The van der Waals surface area contributed by atoms with Gasteiger partial charge >= 0.3 is 0 Å². The van der Waals surface area contributed by atoms with Gasteiger partial charge in [-0.15, -0.1) is 11.3 Å². The van der Waals surface area contributed by atoms with Gasteiger partial charge in [0.25, 0.3) is 0 Å². The number of aliphatic hydroxyl groups excluding tert-OH is 1. The number of nitrogens with zero attached hydrogens (tertiary/aromatic N) is 7. The predicted molar refractivity (Wildman–Crippen MR) is 129 cm³/mol. The van der Waals surface area contributed by atoms with Crippen LogP contribution in [0.15, 0.2) is 42.9 Å². The van der Waals surface area contributed by atoms with Crippen LogP contribution in [-0.2, 0) is 13.7 Å². The zero-order valence-electron chi connectivity index (χ0n) is 18.8. The number of nitrogens with one attached hydrogen (secondary N) is 1. The second kappa shape index (κ2) is 8.38. The molecule has 0 aliphatic rings. The van der Waals surface area contributed by atoms with Gasteiger partial charge in [-0.1, -0.05) is 6.07 Å². The van der Waals surface area contributed by atoms with Crippen molar-refractivity contribution in [3.8, 4) is 22.2 Å². The van der Waals surface area contributed by atoms with Crippen molar-refractivity contribution in [1.82, 2.24) is 34.3 Å². The van der Waals surface area contributed by atoms with E-state index in [2.05, 4.69) is 36.1 Å². The lowest BCUT2D eigenvalue weighted by atomic mass is 10.1. The molecule has 0 fully saturated rings. The number of imidazole rings is 1. The molecule has 2 N–H and O–H groups in total. The van der Waals surface area contributed by atoms with Crippen molar-refractivity contribution in [2.45, 2.75) is 33.4 Å². The van der Waals surface area contributed by atoms with Crippen LogP contribution >= 0.6 is 11.3 Å². The number of fused-ring (bicyclic) bond motifs is 1. The highest BCUT2D eigenvalue weighted by molar-refractivity contribution is 7.22. The minimum absolute atomic E-state index is 0.132. The first-order valence-electron chi connectivity index (χ1n) is 10.6. The maximum atomic E-state index is 9.48. The van der Waals surface area contributed by atoms with E-state index in [4.69, 9.17) is 15.1 Å². The van der Waals surface area contributed by atoms with E-state index in [9.17, 15) is 5.11 Å². The number of hydrogen-bond donors (Lipinski definition) is 2. The Morgan fingerprint density at radius 3 is 2.67 bits per heavy atom. The first-order valence-corrected chi connectivity index (χ1v) is 11.4. The van der Waals surface area contributed by atoms with E-state index in [0.717, 1.165) is 26.4 Å². The van der Waals surface area contributed by atoms with Crippen molar-refractivity contribution in [3.63, 3.8) is 0 Å². The summed E-state index contributed by atoms with van der Waals surface area (Å²) in [7, 11) is 1.92. The van der Waals surface area contributed by atoms with E-state index >= 15 is 0 Å². The first kappa shape index (κ1) is 21.2. The number of rotatable bonds is 6. The smallest absolute Gasteiger partial charge is 0.199 e. The molecule has 0 spiro atoms. The maximum Gasteiger partial charge on any atom is 0.199 e. The second-order valence-electron chi connectivity index (χ2n) is 8.07. The number of aryl methyl sites for hydroxylation is 2. The van der Waals surface area contributed by atoms with Crippen LogP contribution in [-0.4, -0.2) is 39.4 Å². The predicted octanol–water partition coefficient (Wildman–Crippen LogP) is 4.48. The minimum Gasteiger partial charge on any atom is -0.390 e. The van der Waals surface area contributed by atoms with Crippen LogP contribution in [0.5, 0.6) is 0 Å². The van der Waals surface area contributed by atoms with Gasteiger partial charge in [0.2, 0.25) is 0 Å². The Hall–Kier alpha value is -3.63. The highest BCUT2D eigenvalue weighted by Crippen LogP contribution is 2.41. The van der Waals surface area contributed by atoms with Crippen LogP contribution in [0.1, 0.15) is 31.1 Å². The van der Waals surface area contributed by atoms with E-state index in [1.165, 1.54) is 0 Å². The summed E-state index contributed by atoms with van der Waals surface area (Å²) in [6.45, 7) is 6.14. The number of hydrogen-bond acceptors (Lipinski definition) is 8. The molecule has 0 radical (unpaired) electrons. The number of anilines is 2. The van der Waals surface area contributed by atoms with Crippen LogP contribution in [0.4, 0.5) is 11.6 Å². The van der Waals surface area contributed by atoms with Crippen molar-refractivity contribution >= 4 is 33.2 Å². The Labute approximate surface area is 194 Å². The summed E-state index contributed by atoms with van der Waals surface area (Å²) in [6, 6.07) is 7.79. The Bertz CT molecular complexity index is 1450. The Morgan fingerprint density at radius 2 is 1.97 bits per heavy atom. The van der Waals surface area contributed by atoms with E-state index in [1.54, 1.807) is 23.6 Å². The lowest BCUT2D eigenvalue weighted by Gasteiger charge is -2.10. The summed E-state index contributed by atoms with van der Waals surface area (Å²) in [5.74, 6) is 2.44. The van der Waals surface area contributed by atoms with Crippen molar-refractivity contribution < 1.29 is 5.11 Å². The van der Waals surface area contributed by atoms with E-state index in [1.807, 2.05) is 46.9 Å². The monoisotopic (exact) mass is 460 g/mol. The molecule has 0 saturated carbocycles. The van der Waals surface area contributed by atoms with Crippen LogP contribution in [0.2, 0.25) is 0 Å². The molecule has 0 amide bonds. The molecule has 0 atom stereocenters. The lowest BCUT2D eigenvalue weighted by Crippen LogP contribution is -2.03. The average molecular weight is 461 g/mol. The second-order valence-corrected chi connectivity index (χ2v) is 9.06. The summed E-state index contributed by atoms with van der Waals surface area (Å²) in [4.78, 5) is 20.5. The van der Waals surface area contributed by atoms with Gasteiger partial charge in [-0.2, -0.15) is 5.10 Å². The SMILES string of the molecule is Cc1c(-c2ccn(C(C)C)n2)sc2nc(-c3nccn3C)nc(Nc3cccc(CO)n3)c12. The summed E-state index contributed by atoms with van der Waals surface area (Å²) in [5, 5.41) is 18.5. The van der Waals surface area contributed by atoms with Crippen LogP contribution in [0.3, 0.4) is 0 Å². The number of aromatic nitrogens is 7. The van der Waals surface area contributed by atoms with Crippen molar-refractivity contribution in [2.24, 2.45) is 7.05 Å². The van der Waals surface area contributed by atoms with Crippen molar-refractivity contribution in [1.29, 1.82) is 0 Å². The number of thiophene rings is 1. The molecule has 0 unspecified atom stereocenters. The molecule has 0 aliphatic carbocycles. The number of pyridine rings is 1. The summed E-state index contributed by atoms with van der Waals surface area (Å²) >= 11 is 1.59. The molecule has 5 aromatic rings. The van der Waals surface area contributed by atoms with Crippen molar-refractivity contribution in [2.75, 3.05) is 5.32 Å². The molecule has 5 rings (SSSR count). The van der Waals surface area contributed by atoms with Crippen LogP contribution in [0, 0.1) is 6.92 Å². The molecule has 33 heavy (non-hydrogen) atoms. The third-order valence-electron chi connectivity index (χ3n) is 5.40. The van der Waals surface area contributed by atoms with Crippen molar-refractivity contribution in [3.05, 3.63) is 54.1 Å². The van der Waals surface area contributed by atoms with Gasteiger partial charge in [0, 0.05) is 31.7 Å². The molecule has 0 bridgehead atoms.